The number of carbonyl (C=O) groups is 1. The number of nitrogens with zero attached hydrogens (tertiary/aromatic N) is 2. The van der Waals surface area contributed by atoms with E-state index in [4.69, 9.17) is 26.8 Å². The van der Waals surface area contributed by atoms with Crippen LogP contribution in [-0.2, 0) is 4.74 Å². The van der Waals surface area contributed by atoms with Crippen molar-refractivity contribution in [1.29, 1.82) is 0 Å². The van der Waals surface area contributed by atoms with Crippen molar-refractivity contribution in [3.05, 3.63) is 22.7 Å². The van der Waals surface area contributed by atoms with Crippen molar-refractivity contribution in [2.45, 2.75) is 37.5 Å². The number of methoxy groups -OCH3 is 2. The molecular weight excluding hydrogens is 392 g/mol. The smallest absolute Gasteiger partial charge is 0.255 e. The fourth-order valence-corrected chi connectivity index (χ4v) is 5.32. The summed E-state index contributed by atoms with van der Waals surface area (Å²) in [7, 11) is 3.24. The number of hydrogen-bond donors (Lipinski definition) is 2. The predicted molar refractivity (Wildman–Crippen MR) is 114 cm³/mol. The summed E-state index contributed by atoms with van der Waals surface area (Å²) >= 11 is 6.13. The van der Waals surface area contributed by atoms with Gasteiger partial charge in [-0.1, -0.05) is 11.6 Å². The minimum Gasteiger partial charge on any atom is -0.496 e. The number of rotatable bonds is 5. The highest BCUT2D eigenvalue weighted by atomic mass is 35.5. The van der Waals surface area contributed by atoms with Crippen molar-refractivity contribution in [3.8, 4) is 5.75 Å². The molecular formula is C21H31ClN4O3. The van der Waals surface area contributed by atoms with Gasteiger partial charge >= 0.3 is 0 Å². The summed E-state index contributed by atoms with van der Waals surface area (Å²) in [6.45, 7) is 5.47. The van der Waals surface area contributed by atoms with Crippen LogP contribution < -0.4 is 15.8 Å². The maximum absolute atomic E-state index is 12.9. The van der Waals surface area contributed by atoms with Crippen LogP contribution in [0.1, 0.15) is 29.6 Å². The molecule has 29 heavy (non-hydrogen) atoms. The Hall–Kier alpha value is -1.54. The molecule has 4 saturated heterocycles. The number of nitrogens with one attached hydrogen (secondary N) is 1. The Kier molecular flexibility index (Phi) is 6.20. The standard InChI is InChI=1S/C21H31ClN4O3/c1-28-19-10-16(23)15(22)9-14(19)21(27)24-17-5-8-26(12-20(17)29-2)18-11-25-6-3-13(18)4-7-25/h9-10,13,17-18,20H,3-8,11-12,23H2,1-2H3,(H,24,27)/t17-,18+,20+/m1/s1. The third-order valence-electron chi connectivity index (χ3n) is 6.86. The molecule has 1 aromatic carbocycles. The second-order valence-corrected chi connectivity index (χ2v) is 8.82. The summed E-state index contributed by atoms with van der Waals surface area (Å²) in [6, 6.07) is 3.71. The molecule has 160 valence electrons. The fourth-order valence-electron chi connectivity index (χ4n) is 5.15. The first kappa shape index (κ1) is 20.7. The van der Waals surface area contributed by atoms with Crippen molar-refractivity contribution in [2.75, 3.05) is 52.7 Å². The zero-order valence-corrected chi connectivity index (χ0v) is 18.0. The van der Waals surface area contributed by atoms with Crippen LogP contribution in [0.2, 0.25) is 5.02 Å². The van der Waals surface area contributed by atoms with E-state index in [9.17, 15) is 4.79 Å². The number of halogens is 1. The number of hydrogen-bond acceptors (Lipinski definition) is 6. The molecule has 0 saturated carbocycles. The first-order chi connectivity index (χ1) is 14.0. The molecule has 4 aliphatic heterocycles. The molecule has 0 aliphatic carbocycles. The summed E-state index contributed by atoms with van der Waals surface area (Å²) in [5, 5.41) is 3.48. The van der Waals surface area contributed by atoms with Crippen LogP contribution in [0.25, 0.3) is 0 Å². The Bertz CT molecular complexity index is 754. The maximum Gasteiger partial charge on any atom is 0.255 e. The molecule has 0 radical (unpaired) electrons. The van der Waals surface area contributed by atoms with Gasteiger partial charge in [0.15, 0.2) is 0 Å². The van der Waals surface area contributed by atoms with E-state index < -0.39 is 0 Å². The van der Waals surface area contributed by atoms with Crippen LogP contribution in [0.15, 0.2) is 12.1 Å². The average Bonchev–Trinajstić information content (AvgIpc) is 2.76. The molecule has 4 heterocycles. The molecule has 0 unspecified atom stereocenters. The van der Waals surface area contributed by atoms with Crippen LogP contribution in [0.5, 0.6) is 5.75 Å². The highest BCUT2D eigenvalue weighted by molar-refractivity contribution is 6.33. The summed E-state index contributed by atoms with van der Waals surface area (Å²) in [5.74, 6) is 1.000. The molecule has 5 rings (SSSR count). The third kappa shape index (κ3) is 4.19. The lowest BCUT2D eigenvalue weighted by Crippen LogP contribution is -2.63. The van der Waals surface area contributed by atoms with E-state index in [1.807, 2.05) is 0 Å². The highest BCUT2D eigenvalue weighted by Crippen LogP contribution is 2.33. The van der Waals surface area contributed by atoms with Crippen LogP contribution in [0.4, 0.5) is 5.69 Å². The van der Waals surface area contributed by atoms with E-state index in [-0.39, 0.29) is 18.1 Å². The Morgan fingerprint density at radius 3 is 2.55 bits per heavy atom. The first-order valence-electron chi connectivity index (χ1n) is 10.4. The van der Waals surface area contributed by atoms with E-state index in [0.717, 1.165) is 25.4 Å². The lowest BCUT2D eigenvalue weighted by Gasteiger charge is -2.51. The number of carbonyl (C=O) groups excluding carboxylic acids is 1. The second-order valence-electron chi connectivity index (χ2n) is 8.42. The van der Waals surface area contributed by atoms with Gasteiger partial charge in [0.1, 0.15) is 5.75 Å². The van der Waals surface area contributed by atoms with Crippen LogP contribution in [-0.4, -0.2) is 80.8 Å². The SMILES string of the molecule is COc1cc(N)c(Cl)cc1C(=O)N[C@@H]1CCN([C@H]2CN3CCC2CC3)C[C@@H]1OC. The van der Waals surface area contributed by atoms with Gasteiger partial charge in [-0.25, -0.2) is 0 Å². The molecule has 3 N–H and O–H groups in total. The normalized spacial score (nSPS) is 32.2. The minimum absolute atomic E-state index is 0.0431. The van der Waals surface area contributed by atoms with Crippen molar-refractivity contribution >= 4 is 23.2 Å². The first-order valence-corrected chi connectivity index (χ1v) is 10.8. The Morgan fingerprint density at radius 2 is 1.93 bits per heavy atom. The van der Waals surface area contributed by atoms with E-state index >= 15 is 0 Å². The highest BCUT2D eigenvalue weighted by Gasteiger charge is 2.41. The Labute approximate surface area is 177 Å². The van der Waals surface area contributed by atoms with Crippen molar-refractivity contribution in [3.63, 3.8) is 0 Å². The van der Waals surface area contributed by atoms with E-state index in [1.165, 1.54) is 39.6 Å². The number of benzene rings is 1. The molecule has 2 bridgehead atoms. The van der Waals surface area contributed by atoms with Gasteiger partial charge in [-0.05, 0) is 44.3 Å². The molecule has 4 fully saturated rings. The van der Waals surface area contributed by atoms with Crippen LogP contribution >= 0.6 is 11.6 Å². The van der Waals surface area contributed by atoms with Crippen molar-refractivity contribution in [2.24, 2.45) is 5.92 Å². The molecule has 1 aromatic rings. The van der Waals surface area contributed by atoms with Gasteiger partial charge in [-0.2, -0.15) is 0 Å². The summed E-state index contributed by atoms with van der Waals surface area (Å²) in [6.07, 6.45) is 3.42. The average molecular weight is 423 g/mol. The summed E-state index contributed by atoms with van der Waals surface area (Å²) in [5.41, 5.74) is 6.61. The number of amides is 1. The maximum atomic E-state index is 12.9. The number of nitrogen functional groups attached to an aromatic ring is 1. The number of fused-ring (bicyclic) bond motifs is 3. The third-order valence-corrected chi connectivity index (χ3v) is 7.19. The molecule has 4 aliphatic rings. The quantitative estimate of drug-likeness (QED) is 0.705. The number of nitrogens with two attached hydrogens (primary N) is 1. The number of anilines is 1. The van der Waals surface area contributed by atoms with E-state index in [2.05, 4.69) is 15.1 Å². The van der Waals surface area contributed by atoms with Gasteiger partial charge in [-0.15, -0.1) is 0 Å². The van der Waals surface area contributed by atoms with Crippen molar-refractivity contribution < 1.29 is 14.3 Å². The molecule has 7 nitrogen and oxygen atoms in total. The predicted octanol–water partition coefficient (Wildman–Crippen LogP) is 1.84. The Balaban J connectivity index is 1.42. The van der Waals surface area contributed by atoms with Gasteiger partial charge in [0.05, 0.1) is 35.5 Å². The molecule has 1 amide bonds. The molecule has 3 atom stereocenters. The topological polar surface area (TPSA) is 80.1 Å². The van der Waals surface area contributed by atoms with E-state index in [0.29, 0.717) is 28.1 Å². The lowest BCUT2D eigenvalue weighted by molar-refractivity contribution is -0.0515. The van der Waals surface area contributed by atoms with Gasteiger partial charge in [0, 0.05) is 38.9 Å². The fraction of sp³-hybridized carbons (Fsp3) is 0.667. The monoisotopic (exact) mass is 422 g/mol. The zero-order chi connectivity index (χ0) is 20.5. The molecule has 0 aromatic heterocycles. The number of piperidine rings is 4. The molecule has 0 spiro atoms. The van der Waals surface area contributed by atoms with Crippen LogP contribution in [0.3, 0.4) is 0 Å². The van der Waals surface area contributed by atoms with Crippen LogP contribution in [0, 0.1) is 5.92 Å². The summed E-state index contributed by atoms with van der Waals surface area (Å²) in [4.78, 5) is 18.1. The van der Waals surface area contributed by atoms with E-state index in [1.54, 1.807) is 19.2 Å². The van der Waals surface area contributed by atoms with Crippen molar-refractivity contribution in [1.82, 2.24) is 15.1 Å². The largest absolute Gasteiger partial charge is 0.496 e. The lowest BCUT2D eigenvalue weighted by atomic mass is 9.82. The van der Waals surface area contributed by atoms with Gasteiger partial charge < -0.3 is 25.4 Å². The minimum atomic E-state index is -0.216. The Morgan fingerprint density at radius 1 is 1.17 bits per heavy atom. The number of ether oxygens (including phenoxy) is 2. The van der Waals surface area contributed by atoms with Gasteiger partial charge in [0.25, 0.3) is 5.91 Å². The second kappa shape index (κ2) is 8.68. The van der Waals surface area contributed by atoms with Gasteiger partial charge in [0.2, 0.25) is 0 Å². The summed E-state index contributed by atoms with van der Waals surface area (Å²) < 4.78 is 11.1. The molecule has 8 heteroatoms. The van der Waals surface area contributed by atoms with Gasteiger partial charge in [-0.3, -0.25) is 9.69 Å². The zero-order valence-electron chi connectivity index (χ0n) is 17.2. The number of likely N-dealkylation sites (tertiary alicyclic amines) is 1.